The Balaban J connectivity index is 4.63. The summed E-state index contributed by atoms with van der Waals surface area (Å²) in [6, 6.07) is 2.12. The smallest absolute Gasteiger partial charge is 0.240 e. The number of carbonyl (C=O) groups is 1. The van der Waals surface area contributed by atoms with Crippen LogP contribution in [0.2, 0.25) is 0 Å². The van der Waals surface area contributed by atoms with Crippen molar-refractivity contribution in [1.29, 1.82) is 5.26 Å². The molecule has 0 rings (SSSR count). The first-order valence-electron chi connectivity index (χ1n) is 6.77. The van der Waals surface area contributed by atoms with Gasteiger partial charge in [0.25, 0.3) is 0 Å². The van der Waals surface area contributed by atoms with Gasteiger partial charge in [0, 0.05) is 12.3 Å². The minimum atomic E-state index is -3.09. The number of sulfone groups is 1. The molecule has 0 heterocycles. The molecule has 19 heavy (non-hydrogen) atoms. The summed E-state index contributed by atoms with van der Waals surface area (Å²) >= 11 is 0. The molecule has 0 aromatic carbocycles. The molecule has 0 saturated carbocycles. The van der Waals surface area contributed by atoms with E-state index in [0.29, 0.717) is 12.8 Å². The summed E-state index contributed by atoms with van der Waals surface area (Å²) in [6.07, 6.45) is 2.50. The fraction of sp³-hybridized carbons (Fsp3) is 0.846. The molecular weight excluding hydrogens is 264 g/mol. The Morgan fingerprint density at radius 1 is 1.21 bits per heavy atom. The molecule has 0 bridgehead atoms. The number of rotatable bonds is 9. The Bertz CT molecular complexity index is 418. The molecule has 0 aromatic rings. The topological polar surface area (TPSA) is 87.0 Å². The summed E-state index contributed by atoms with van der Waals surface area (Å²) in [5.41, 5.74) is -1.01. The third kappa shape index (κ3) is 5.60. The first kappa shape index (κ1) is 17.9. The Kier molecular flexibility index (Phi) is 7.69. The van der Waals surface area contributed by atoms with Crippen molar-refractivity contribution >= 4 is 15.7 Å². The van der Waals surface area contributed by atoms with Crippen LogP contribution in [-0.2, 0) is 14.6 Å². The van der Waals surface area contributed by atoms with Gasteiger partial charge in [-0.1, -0.05) is 33.6 Å². The van der Waals surface area contributed by atoms with Crippen LogP contribution in [-0.4, -0.2) is 32.4 Å². The number of nitriles is 1. The van der Waals surface area contributed by atoms with Crippen LogP contribution >= 0.6 is 0 Å². The van der Waals surface area contributed by atoms with E-state index in [1.54, 1.807) is 6.92 Å². The van der Waals surface area contributed by atoms with Gasteiger partial charge >= 0.3 is 0 Å². The van der Waals surface area contributed by atoms with Crippen LogP contribution in [0.15, 0.2) is 0 Å². The van der Waals surface area contributed by atoms with Gasteiger partial charge in [-0.3, -0.25) is 4.79 Å². The molecule has 6 heteroatoms. The fourth-order valence-electron chi connectivity index (χ4n) is 2.00. The van der Waals surface area contributed by atoms with Crippen molar-refractivity contribution in [2.24, 2.45) is 5.41 Å². The highest BCUT2D eigenvalue weighted by Gasteiger charge is 2.36. The van der Waals surface area contributed by atoms with Gasteiger partial charge in [0.15, 0.2) is 9.84 Å². The summed E-state index contributed by atoms with van der Waals surface area (Å²) in [4.78, 5) is 12.1. The predicted octanol–water partition coefficient (Wildman–Crippen LogP) is 1.65. The molecule has 0 aromatic heterocycles. The van der Waals surface area contributed by atoms with Crippen LogP contribution in [0, 0.1) is 16.7 Å². The van der Waals surface area contributed by atoms with E-state index in [0.717, 1.165) is 12.8 Å². The Morgan fingerprint density at radius 3 is 2.11 bits per heavy atom. The van der Waals surface area contributed by atoms with Gasteiger partial charge in [-0.15, -0.1) is 0 Å². The lowest BCUT2D eigenvalue weighted by Crippen LogP contribution is -2.42. The summed E-state index contributed by atoms with van der Waals surface area (Å²) in [6.45, 7) is 5.50. The van der Waals surface area contributed by atoms with E-state index < -0.39 is 15.3 Å². The first-order chi connectivity index (χ1) is 8.87. The summed E-state index contributed by atoms with van der Waals surface area (Å²) in [5, 5.41) is 11.9. The number of hydrogen-bond acceptors (Lipinski definition) is 4. The molecule has 0 radical (unpaired) electrons. The van der Waals surface area contributed by atoms with Crippen LogP contribution in [0.4, 0.5) is 0 Å². The third-order valence-electron chi connectivity index (χ3n) is 3.14. The minimum absolute atomic E-state index is 0.0657. The molecule has 0 unspecified atom stereocenters. The van der Waals surface area contributed by atoms with E-state index in [9.17, 15) is 18.5 Å². The maximum absolute atomic E-state index is 12.1. The van der Waals surface area contributed by atoms with Crippen molar-refractivity contribution in [2.45, 2.75) is 46.5 Å². The first-order valence-corrected chi connectivity index (χ1v) is 8.59. The van der Waals surface area contributed by atoms with E-state index >= 15 is 0 Å². The van der Waals surface area contributed by atoms with Gasteiger partial charge in [-0.2, -0.15) is 5.26 Å². The minimum Gasteiger partial charge on any atom is -0.354 e. The lowest BCUT2D eigenvalue weighted by atomic mass is 9.80. The van der Waals surface area contributed by atoms with Gasteiger partial charge in [-0.25, -0.2) is 8.42 Å². The van der Waals surface area contributed by atoms with Crippen molar-refractivity contribution < 1.29 is 13.2 Å². The Morgan fingerprint density at radius 2 is 1.74 bits per heavy atom. The van der Waals surface area contributed by atoms with E-state index in [4.69, 9.17) is 0 Å². The normalized spacial score (nSPS) is 11.9. The Hall–Kier alpha value is -1.09. The zero-order valence-electron chi connectivity index (χ0n) is 12.0. The summed E-state index contributed by atoms with van der Waals surface area (Å²) in [5.74, 6) is -0.351. The highest BCUT2D eigenvalue weighted by Crippen LogP contribution is 2.29. The highest BCUT2D eigenvalue weighted by molar-refractivity contribution is 7.91. The highest BCUT2D eigenvalue weighted by atomic mass is 32.2. The Labute approximate surface area is 116 Å². The van der Waals surface area contributed by atoms with Crippen LogP contribution < -0.4 is 5.32 Å². The van der Waals surface area contributed by atoms with Crippen LogP contribution in [0.1, 0.15) is 46.5 Å². The lowest BCUT2D eigenvalue weighted by Gasteiger charge is -2.24. The summed E-state index contributed by atoms with van der Waals surface area (Å²) in [7, 11) is -3.09. The third-order valence-corrected chi connectivity index (χ3v) is 4.85. The molecule has 1 amide bonds. The maximum Gasteiger partial charge on any atom is 0.240 e. The van der Waals surface area contributed by atoms with Crippen molar-refractivity contribution in [2.75, 3.05) is 18.1 Å². The standard InChI is InChI=1S/C13H24N2O3S/c1-4-7-13(11-14,8-5-2)12(16)15-9-10-19(17,18)6-3/h4-10H2,1-3H3,(H,15,16). The van der Waals surface area contributed by atoms with Crippen LogP contribution in [0.25, 0.3) is 0 Å². The number of hydrogen-bond donors (Lipinski definition) is 1. The van der Waals surface area contributed by atoms with Gasteiger partial charge in [0.2, 0.25) is 5.91 Å². The molecule has 0 aliphatic heterocycles. The van der Waals surface area contributed by atoms with E-state index in [2.05, 4.69) is 11.4 Å². The average Bonchev–Trinajstić information content (AvgIpc) is 2.38. The molecule has 0 saturated heterocycles. The van der Waals surface area contributed by atoms with Crippen molar-refractivity contribution in [3.8, 4) is 6.07 Å². The van der Waals surface area contributed by atoms with E-state index in [1.807, 2.05) is 13.8 Å². The summed E-state index contributed by atoms with van der Waals surface area (Å²) < 4.78 is 22.7. The molecule has 0 spiro atoms. The zero-order chi connectivity index (χ0) is 14.9. The van der Waals surface area contributed by atoms with Gasteiger partial charge in [0.1, 0.15) is 5.41 Å². The van der Waals surface area contributed by atoms with Crippen LogP contribution in [0.5, 0.6) is 0 Å². The van der Waals surface area contributed by atoms with Crippen molar-refractivity contribution in [3.63, 3.8) is 0 Å². The second-order valence-electron chi connectivity index (χ2n) is 4.69. The van der Waals surface area contributed by atoms with Gasteiger partial charge in [0.05, 0.1) is 11.8 Å². The van der Waals surface area contributed by atoms with Gasteiger partial charge in [-0.05, 0) is 12.8 Å². The quantitative estimate of drug-likeness (QED) is 0.699. The lowest BCUT2D eigenvalue weighted by molar-refractivity contribution is -0.128. The van der Waals surface area contributed by atoms with Crippen molar-refractivity contribution in [1.82, 2.24) is 5.32 Å². The average molecular weight is 288 g/mol. The van der Waals surface area contributed by atoms with Crippen molar-refractivity contribution in [3.05, 3.63) is 0 Å². The van der Waals surface area contributed by atoms with Crippen LogP contribution in [0.3, 0.4) is 0 Å². The maximum atomic E-state index is 12.1. The predicted molar refractivity (Wildman–Crippen MR) is 75.2 cm³/mol. The monoisotopic (exact) mass is 288 g/mol. The molecular formula is C13H24N2O3S. The number of nitrogens with one attached hydrogen (secondary N) is 1. The molecule has 110 valence electrons. The number of nitrogens with zero attached hydrogens (tertiary/aromatic N) is 1. The molecule has 0 aliphatic rings. The van der Waals surface area contributed by atoms with Gasteiger partial charge < -0.3 is 5.32 Å². The molecule has 0 fully saturated rings. The second kappa shape index (κ2) is 8.16. The van der Waals surface area contributed by atoms with E-state index in [1.165, 1.54) is 0 Å². The fourth-order valence-corrected chi connectivity index (χ4v) is 2.70. The zero-order valence-corrected chi connectivity index (χ0v) is 12.8. The number of carbonyl (C=O) groups excluding carboxylic acids is 1. The SMILES string of the molecule is CCCC(C#N)(CCC)C(=O)NCCS(=O)(=O)CC. The molecule has 0 aliphatic carbocycles. The molecule has 5 nitrogen and oxygen atoms in total. The molecule has 0 atom stereocenters. The van der Waals surface area contributed by atoms with E-state index in [-0.39, 0.29) is 24.0 Å². The second-order valence-corrected chi connectivity index (χ2v) is 7.16. The number of amides is 1. The largest absolute Gasteiger partial charge is 0.354 e. The molecule has 1 N–H and O–H groups in total.